The third kappa shape index (κ3) is 2.55. The van der Waals surface area contributed by atoms with Gasteiger partial charge in [0, 0.05) is 22.2 Å². The molecule has 1 saturated heterocycles. The van der Waals surface area contributed by atoms with Crippen LogP contribution in [0.15, 0.2) is 30.3 Å². The predicted octanol–water partition coefficient (Wildman–Crippen LogP) is 2.19. The lowest BCUT2D eigenvalue weighted by Gasteiger charge is -1.99. The average molecular weight is 225 g/mol. The number of hydrogen-bond donors (Lipinski definition) is 0. The molecule has 0 aromatic heterocycles. The summed E-state index contributed by atoms with van der Waals surface area (Å²) in [5, 5.41) is 1.19. The number of rotatable bonds is 3. The van der Waals surface area contributed by atoms with Crippen molar-refractivity contribution in [3.63, 3.8) is 0 Å². The lowest BCUT2D eigenvalue weighted by molar-refractivity contribution is 0.102. The van der Waals surface area contributed by atoms with Crippen LogP contribution in [-0.4, -0.2) is 28.1 Å². The van der Waals surface area contributed by atoms with Crippen LogP contribution in [0.3, 0.4) is 0 Å². The number of carbonyl (C=O) groups excluding carboxylic acids is 1. The van der Waals surface area contributed by atoms with Crippen molar-refractivity contribution in [1.29, 1.82) is 0 Å². The van der Waals surface area contributed by atoms with E-state index in [1.807, 2.05) is 42.1 Å². The fourth-order valence-electron chi connectivity index (χ4n) is 1.42. The molecule has 1 aromatic carbocycles. The normalized spacial score (nSPS) is 21.0. The standard InChI is InChI=1S/C11H13OS2/c12-11(8-14-7-6-13-9-14)10-4-2-1-3-5-10/h1-5H,6-9H2/q+1. The summed E-state index contributed by atoms with van der Waals surface area (Å²) in [5.41, 5.74) is 0.872. The quantitative estimate of drug-likeness (QED) is 0.579. The molecule has 1 unspecified atom stereocenters. The summed E-state index contributed by atoms with van der Waals surface area (Å²) in [7, 11) is 0.356. The summed E-state index contributed by atoms with van der Waals surface area (Å²) in [6.07, 6.45) is 0. The first kappa shape index (κ1) is 10.1. The van der Waals surface area contributed by atoms with E-state index in [-0.39, 0.29) is 0 Å². The Morgan fingerprint density at radius 2 is 2.14 bits per heavy atom. The van der Waals surface area contributed by atoms with E-state index in [1.165, 1.54) is 16.6 Å². The Bertz CT molecular complexity index is 304. The minimum absolute atomic E-state index is 0.316. The molecule has 0 spiro atoms. The second-order valence-corrected chi connectivity index (χ2v) is 6.96. The Kier molecular flexibility index (Phi) is 3.54. The van der Waals surface area contributed by atoms with Crippen molar-refractivity contribution in [3.05, 3.63) is 35.9 Å². The molecule has 14 heavy (non-hydrogen) atoms. The van der Waals surface area contributed by atoms with E-state index in [2.05, 4.69) is 0 Å². The maximum atomic E-state index is 11.8. The second-order valence-electron chi connectivity index (χ2n) is 3.28. The number of carbonyl (C=O) groups is 1. The number of benzene rings is 1. The minimum Gasteiger partial charge on any atom is -0.289 e. The summed E-state index contributed by atoms with van der Waals surface area (Å²) in [4.78, 5) is 11.8. The molecule has 1 aliphatic rings. The Morgan fingerprint density at radius 1 is 1.36 bits per heavy atom. The molecule has 2 rings (SSSR count). The molecule has 1 fully saturated rings. The third-order valence-corrected chi connectivity index (χ3v) is 6.40. The highest BCUT2D eigenvalue weighted by molar-refractivity contribution is 8.17. The van der Waals surface area contributed by atoms with E-state index < -0.39 is 0 Å². The molecular weight excluding hydrogens is 212 g/mol. The molecule has 1 aromatic rings. The maximum absolute atomic E-state index is 11.8. The van der Waals surface area contributed by atoms with Crippen molar-refractivity contribution in [2.24, 2.45) is 0 Å². The monoisotopic (exact) mass is 225 g/mol. The van der Waals surface area contributed by atoms with Crippen LogP contribution in [0.4, 0.5) is 0 Å². The lowest BCUT2D eigenvalue weighted by atomic mass is 10.2. The smallest absolute Gasteiger partial charge is 0.211 e. The molecule has 0 aliphatic carbocycles. The minimum atomic E-state index is 0.316. The van der Waals surface area contributed by atoms with Crippen LogP contribution in [0.5, 0.6) is 0 Å². The van der Waals surface area contributed by atoms with Gasteiger partial charge in [-0.3, -0.25) is 4.79 Å². The van der Waals surface area contributed by atoms with E-state index in [0.717, 1.165) is 11.3 Å². The highest BCUT2D eigenvalue weighted by atomic mass is 32.2. The van der Waals surface area contributed by atoms with Crippen LogP contribution in [0, 0.1) is 0 Å². The van der Waals surface area contributed by atoms with Gasteiger partial charge in [0.25, 0.3) is 0 Å². The van der Waals surface area contributed by atoms with Crippen LogP contribution in [-0.2, 0) is 10.9 Å². The number of ketones is 1. The summed E-state index contributed by atoms with van der Waals surface area (Å²) in [6, 6.07) is 9.63. The van der Waals surface area contributed by atoms with Gasteiger partial charge < -0.3 is 0 Å². The Hall–Kier alpha value is -0.410. The molecule has 0 bridgehead atoms. The fraction of sp³-hybridized carbons (Fsp3) is 0.364. The van der Waals surface area contributed by atoms with Gasteiger partial charge in [-0.15, -0.1) is 11.8 Å². The number of Topliss-reactive ketones (excluding diaryl/α,β-unsaturated/α-hetero) is 1. The molecule has 1 heterocycles. The van der Waals surface area contributed by atoms with Crippen LogP contribution >= 0.6 is 11.8 Å². The summed E-state index contributed by atoms with van der Waals surface area (Å²) in [6.45, 7) is 0. The van der Waals surface area contributed by atoms with Gasteiger partial charge in [0.05, 0.1) is 0 Å². The summed E-state index contributed by atoms with van der Waals surface area (Å²) in [5.74, 6) is 3.56. The van der Waals surface area contributed by atoms with Crippen LogP contribution in [0.25, 0.3) is 0 Å². The zero-order valence-electron chi connectivity index (χ0n) is 7.94. The van der Waals surface area contributed by atoms with E-state index in [1.54, 1.807) is 0 Å². The van der Waals surface area contributed by atoms with Gasteiger partial charge in [-0.05, 0) is 0 Å². The van der Waals surface area contributed by atoms with Crippen LogP contribution in [0.1, 0.15) is 10.4 Å². The van der Waals surface area contributed by atoms with Crippen molar-refractivity contribution in [2.45, 2.75) is 0 Å². The number of hydrogen-bond acceptors (Lipinski definition) is 2. The van der Waals surface area contributed by atoms with Crippen molar-refractivity contribution in [1.82, 2.24) is 0 Å². The second kappa shape index (κ2) is 4.89. The van der Waals surface area contributed by atoms with Gasteiger partial charge in [-0.2, -0.15) is 0 Å². The van der Waals surface area contributed by atoms with Crippen molar-refractivity contribution in [3.8, 4) is 0 Å². The van der Waals surface area contributed by atoms with Crippen LogP contribution < -0.4 is 0 Å². The van der Waals surface area contributed by atoms with Gasteiger partial charge in [0.15, 0.2) is 10.8 Å². The Balaban J connectivity index is 1.95. The molecule has 3 heteroatoms. The maximum Gasteiger partial charge on any atom is 0.211 e. The molecule has 1 nitrogen and oxygen atoms in total. The molecule has 0 N–H and O–H groups in total. The van der Waals surface area contributed by atoms with Crippen molar-refractivity contribution in [2.75, 3.05) is 22.3 Å². The molecule has 0 amide bonds. The van der Waals surface area contributed by atoms with E-state index >= 15 is 0 Å². The average Bonchev–Trinajstić information content (AvgIpc) is 2.72. The first-order valence-corrected chi connectivity index (χ1v) is 7.55. The topological polar surface area (TPSA) is 17.1 Å². The molecule has 0 radical (unpaired) electrons. The highest BCUT2D eigenvalue weighted by Crippen LogP contribution is 2.19. The SMILES string of the molecule is O=C(C[S+]1CCSC1)c1ccccc1. The molecule has 1 aliphatic heterocycles. The van der Waals surface area contributed by atoms with Gasteiger partial charge in [-0.1, -0.05) is 30.3 Å². The summed E-state index contributed by atoms with van der Waals surface area (Å²) < 4.78 is 0. The molecule has 0 saturated carbocycles. The van der Waals surface area contributed by atoms with Crippen molar-refractivity contribution < 1.29 is 4.79 Å². The van der Waals surface area contributed by atoms with Gasteiger partial charge >= 0.3 is 0 Å². The van der Waals surface area contributed by atoms with Gasteiger partial charge in [0.1, 0.15) is 5.75 Å². The first-order valence-electron chi connectivity index (χ1n) is 4.66. The summed E-state index contributed by atoms with van der Waals surface area (Å²) >= 11 is 1.98. The molecule has 74 valence electrons. The Morgan fingerprint density at radius 3 is 2.79 bits per heavy atom. The zero-order chi connectivity index (χ0) is 9.80. The Labute approximate surface area is 91.6 Å². The third-order valence-electron chi connectivity index (χ3n) is 2.20. The van der Waals surface area contributed by atoms with Gasteiger partial charge in [-0.25, -0.2) is 0 Å². The van der Waals surface area contributed by atoms with Gasteiger partial charge in [0.2, 0.25) is 5.78 Å². The number of thioether (sulfide) groups is 1. The van der Waals surface area contributed by atoms with E-state index in [4.69, 9.17) is 0 Å². The first-order chi connectivity index (χ1) is 6.86. The van der Waals surface area contributed by atoms with Crippen molar-refractivity contribution >= 4 is 28.4 Å². The largest absolute Gasteiger partial charge is 0.289 e. The van der Waals surface area contributed by atoms with Crippen LogP contribution in [0.2, 0.25) is 0 Å². The predicted molar refractivity (Wildman–Crippen MR) is 65.2 cm³/mol. The lowest BCUT2D eigenvalue weighted by Crippen LogP contribution is -2.17. The molecule has 1 atom stereocenters. The van der Waals surface area contributed by atoms with E-state index in [9.17, 15) is 4.79 Å². The zero-order valence-corrected chi connectivity index (χ0v) is 9.57. The molecular formula is C11H13OS2+. The van der Waals surface area contributed by atoms with E-state index in [0.29, 0.717) is 16.7 Å². The fourth-order valence-corrected chi connectivity index (χ4v) is 5.73. The highest BCUT2D eigenvalue weighted by Gasteiger charge is 2.27.